The largest absolute Gasteiger partial charge is 0.418 e. The molecule has 0 fully saturated rings. The first-order valence-electron chi connectivity index (χ1n) is 6.37. The molecule has 0 aromatic heterocycles. The van der Waals surface area contributed by atoms with Crippen LogP contribution < -0.4 is 5.32 Å². The standard InChI is InChI=1S/C16H10Cl2F3NO/c17-11-4-1-10(2-5-11)3-8-15(23)22-14-7-6-12(18)9-13(14)16(19,20)21/h1-9H,(H,22,23)/b8-3+. The van der Waals surface area contributed by atoms with Gasteiger partial charge < -0.3 is 5.32 Å². The molecule has 2 aromatic rings. The highest BCUT2D eigenvalue weighted by Gasteiger charge is 2.34. The predicted molar refractivity (Wildman–Crippen MR) is 85.6 cm³/mol. The SMILES string of the molecule is O=C(/C=C/c1ccc(Cl)cc1)Nc1ccc(Cl)cc1C(F)(F)F. The van der Waals surface area contributed by atoms with E-state index in [1.807, 2.05) is 0 Å². The average molecular weight is 360 g/mol. The molecule has 2 nitrogen and oxygen atoms in total. The van der Waals surface area contributed by atoms with E-state index in [4.69, 9.17) is 23.2 Å². The van der Waals surface area contributed by atoms with Gasteiger partial charge in [0, 0.05) is 16.1 Å². The van der Waals surface area contributed by atoms with E-state index in [0.717, 1.165) is 18.2 Å². The van der Waals surface area contributed by atoms with Gasteiger partial charge in [-0.15, -0.1) is 0 Å². The summed E-state index contributed by atoms with van der Waals surface area (Å²) in [7, 11) is 0. The molecule has 0 heterocycles. The number of carbonyl (C=O) groups is 1. The lowest BCUT2D eigenvalue weighted by atomic mass is 10.1. The minimum Gasteiger partial charge on any atom is -0.322 e. The maximum absolute atomic E-state index is 12.9. The van der Waals surface area contributed by atoms with Crippen molar-refractivity contribution in [1.29, 1.82) is 0 Å². The second-order valence-electron chi connectivity index (χ2n) is 4.56. The van der Waals surface area contributed by atoms with Gasteiger partial charge in [-0.05, 0) is 42.0 Å². The van der Waals surface area contributed by atoms with Crippen molar-refractivity contribution in [3.05, 3.63) is 69.7 Å². The van der Waals surface area contributed by atoms with Crippen molar-refractivity contribution >= 4 is 40.9 Å². The Hall–Kier alpha value is -1.98. The van der Waals surface area contributed by atoms with Crippen LogP contribution in [0.1, 0.15) is 11.1 Å². The summed E-state index contributed by atoms with van der Waals surface area (Å²) in [4.78, 5) is 11.8. The molecule has 0 aliphatic carbocycles. The van der Waals surface area contributed by atoms with Crippen molar-refractivity contribution < 1.29 is 18.0 Å². The van der Waals surface area contributed by atoms with E-state index in [1.165, 1.54) is 12.1 Å². The van der Waals surface area contributed by atoms with Crippen LogP contribution in [0, 0.1) is 0 Å². The van der Waals surface area contributed by atoms with Gasteiger partial charge in [0.05, 0.1) is 11.3 Å². The number of halogens is 5. The third-order valence-corrected chi connectivity index (χ3v) is 3.33. The van der Waals surface area contributed by atoms with Crippen molar-refractivity contribution in [3.8, 4) is 0 Å². The fourth-order valence-electron chi connectivity index (χ4n) is 1.78. The Balaban J connectivity index is 2.16. The molecule has 0 aliphatic heterocycles. The summed E-state index contributed by atoms with van der Waals surface area (Å²) >= 11 is 11.3. The lowest BCUT2D eigenvalue weighted by Gasteiger charge is -2.13. The van der Waals surface area contributed by atoms with Crippen LogP contribution in [0.25, 0.3) is 6.08 Å². The smallest absolute Gasteiger partial charge is 0.322 e. The molecule has 0 aliphatic rings. The molecular weight excluding hydrogens is 350 g/mol. The maximum atomic E-state index is 12.9. The summed E-state index contributed by atoms with van der Waals surface area (Å²) in [5.41, 5.74) is -0.664. The molecule has 2 aromatic carbocycles. The number of benzene rings is 2. The lowest BCUT2D eigenvalue weighted by molar-refractivity contribution is -0.136. The monoisotopic (exact) mass is 359 g/mol. The van der Waals surface area contributed by atoms with Crippen LogP contribution in [-0.4, -0.2) is 5.91 Å². The molecule has 7 heteroatoms. The van der Waals surface area contributed by atoms with Crippen LogP contribution in [0.2, 0.25) is 10.0 Å². The van der Waals surface area contributed by atoms with Crippen LogP contribution in [0.3, 0.4) is 0 Å². The molecule has 0 bridgehead atoms. The number of anilines is 1. The van der Waals surface area contributed by atoms with Gasteiger partial charge in [0.25, 0.3) is 0 Å². The first-order chi connectivity index (χ1) is 10.8. The number of hydrogen-bond donors (Lipinski definition) is 1. The summed E-state index contributed by atoms with van der Waals surface area (Å²) in [6.07, 6.45) is -2.01. The van der Waals surface area contributed by atoms with Crippen molar-refractivity contribution in [2.24, 2.45) is 0 Å². The first-order valence-corrected chi connectivity index (χ1v) is 7.13. The highest BCUT2D eigenvalue weighted by molar-refractivity contribution is 6.31. The van der Waals surface area contributed by atoms with E-state index in [1.54, 1.807) is 24.3 Å². The zero-order chi connectivity index (χ0) is 17.0. The third-order valence-electron chi connectivity index (χ3n) is 2.84. The van der Waals surface area contributed by atoms with Crippen LogP contribution in [0.4, 0.5) is 18.9 Å². The van der Waals surface area contributed by atoms with Gasteiger partial charge in [0.2, 0.25) is 5.91 Å². The number of carbonyl (C=O) groups excluding carboxylic acids is 1. The fourth-order valence-corrected chi connectivity index (χ4v) is 2.08. The van der Waals surface area contributed by atoms with Gasteiger partial charge in [0.15, 0.2) is 0 Å². The molecule has 2 rings (SSSR count). The van der Waals surface area contributed by atoms with Gasteiger partial charge in [-0.3, -0.25) is 4.79 Å². The Morgan fingerprint density at radius 2 is 1.61 bits per heavy atom. The number of alkyl halides is 3. The summed E-state index contributed by atoms with van der Waals surface area (Å²) in [5.74, 6) is -0.687. The molecule has 0 saturated heterocycles. The summed E-state index contributed by atoms with van der Waals surface area (Å²) in [6, 6.07) is 9.78. The topological polar surface area (TPSA) is 29.1 Å². The molecule has 1 amide bonds. The summed E-state index contributed by atoms with van der Waals surface area (Å²) < 4.78 is 38.8. The van der Waals surface area contributed by atoms with E-state index < -0.39 is 17.6 Å². The molecule has 0 radical (unpaired) electrons. The average Bonchev–Trinajstić information content (AvgIpc) is 2.47. The lowest BCUT2D eigenvalue weighted by Crippen LogP contribution is -2.14. The number of nitrogens with one attached hydrogen (secondary N) is 1. The van der Waals surface area contributed by atoms with Crippen molar-refractivity contribution in [3.63, 3.8) is 0 Å². The Morgan fingerprint density at radius 1 is 1.00 bits per heavy atom. The molecule has 1 N–H and O–H groups in total. The quantitative estimate of drug-likeness (QED) is 0.703. The Labute approximate surface area is 140 Å². The van der Waals surface area contributed by atoms with E-state index in [9.17, 15) is 18.0 Å². The minimum absolute atomic E-state index is 0.0629. The van der Waals surface area contributed by atoms with Crippen LogP contribution in [0.5, 0.6) is 0 Å². The van der Waals surface area contributed by atoms with Crippen molar-refractivity contribution in [1.82, 2.24) is 0 Å². The number of amides is 1. The van der Waals surface area contributed by atoms with Gasteiger partial charge in [-0.2, -0.15) is 13.2 Å². The fraction of sp³-hybridized carbons (Fsp3) is 0.0625. The van der Waals surface area contributed by atoms with E-state index in [-0.39, 0.29) is 10.7 Å². The Morgan fingerprint density at radius 3 is 2.22 bits per heavy atom. The summed E-state index contributed by atoms with van der Waals surface area (Å²) in [5, 5.41) is 2.68. The third kappa shape index (κ3) is 5.01. The van der Waals surface area contributed by atoms with Gasteiger partial charge in [-0.1, -0.05) is 35.3 Å². The van der Waals surface area contributed by atoms with Gasteiger partial charge >= 0.3 is 6.18 Å². The highest BCUT2D eigenvalue weighted by atomic mass is 35.5. The second-order valence-corrected chi connectivity index (χ2v) is 5.43. The zero-order valence-corrected chi connectivity index (χ0v) is 13.0. The van der Waals surface area contributed by atoms with Crippen molar-refractivity contribution in [2.75, 3.05) is 5.32 Å². The molecule has 0 spiro atoms. The minimum atomic E-state index is -4.62. The zero-order valence-electron chi connectivity index (χ0n) is 11.5. The molecular formula is C16H10Cl2F3NO. The predicted octanol–water partition coefficient (Wildman–Crippen LogP) is 5.66. The summed E-state index contributed by atoms with van der Waals surface area (Å²) in [6.45, 7) is 0. The van der Waals surface area contributed by atoms with Crippen LogP contribution in [-0.2, 0) is 11.0 Å². The number of rotatable bonds is 3. The van der Waals surface area contributed by atoms with Crippen molar-refractivity contribution in [2.45, 2.75) is 6.18 Å². The van der Waals surface area contributed by atoms with Crippen LogP contribution >= 0.6 is 23.2 Å². The normalized spacial score (nSPS) is 11.7. The Bertz CT molecular complexity index is 740. The maximum Gasteiger partial charge on any atom is 0.418 e. The molecule has 0 unspecified atom stereocenters. The number of hydrogen-bond acceptors (Lipinski definition) is 1. The molecule has 120 valence electrons. The first kappa shape index (κ1) is 17.4. The molecule has 0 saturated carbocycles. The second kappa shape index (κ2) is 7.06. The van der Waals surface area contributed by atoms with E-state index in [2.05, 4.69) is 5.32 Å². The van der Waals surface area contributed by atoms with Gasteiger partial charge in [-0.25, -0.2) is 0 Å². The van der Waals surface area contributed by atoms with Crippen LogP contribution in [0.15, 0.2) is 48.5 Å². The molecule has 0 atom stereocenters. The van der Waals surface area contributed by atoms with E-state index >= 15 is 0 Å². The Kier molecular flexibility index (Phi) is 5.34. The van der Waals surface area contributed by atoms with E-state index in [0.29, 0.717) is 10.6 Å². The van der Waals surface area contributed by atoms with Gasteiger partial charge in [0.1, 0.15) is 0 Å². The molecule has 23 heavy (non-hydrogen) atoms. The highest BCUT2D eigenvalue weighted by Crippen LogP contribution is 2.36.